The number of hydrogen-bond donors (Lipinski definition) is 0. The van der Waals surface area contributed by atoms with Gasteiger partial charge in [0.15, 0.2) is 0 Å². The van der Waals surface area contributed by atoms with E-state index in [-0.39, 0.29) is 11.4 Å². The van der Waals surface area contributed by atoms with Crippen LogP contribution < -0.4 is 0 Å². The third-order valence-electron chi connectivity index (χ3n) is 4.13. The first kappa shape index (κ1) is 17.3. The van der Waals surface area contributed by atoms with Gasteiger partial charge >= 0.3 is 5.97 Å². The molecule has 0 aromatic heterocycles. The highest BCUT2D eigenvalue weighted by Gasteiger charge is 2.22. The summed E-state index contributed by atoms with van der Waals surface area (Å²) in [6, 6.07) is 17.9. The predicted octanol–water partition coefficient (Wildman–Crippen LogP) is 5.16. The van der Waals surface area contributed by atoms with Gasteiger partial charge in [0.05, 0.1) is 5.56 Å². The molecule has 0 amide bonds. The fourth-order valence-electron chi connectivity index (χ4n) is 2.49. The van der Waals surface area contributed by atoms with Crippen LogP contribution >= 0.6 is 0 Å². The van der Waals surface area contributed by atoms with Gasteiger partial charge in [-0.1, -0.05) is 69.7 Å². The van der Waals surface area contributed by atoms with Crippen molar-refractivity contribution in [1.82, 2.24) is 0 Å². The zero-order chi connectivity index (χ0) is 16.7. The van der Waals surface area contributed by atoms with Crippen molar-refractivity contribution >= 4 is 5.97 Å². The Morgan fingerprint density at radius 1 is 1.00 bits per heavy atom. The van der Waals surface area contributed by atoms with E-state index in [2.05, 4.69) is 32.9 Å². The highest BCUT2D eigenvalue weighted by Crippen LogP contribution is 2.23. The zero-order valence-corrected chi connectivity index (χ0v) is 14.3. The minimum Gasteiger partial charge on any atom is -0.461 e. The summed E-state index contributed by atoms with van der Waals surface area (Å²) in [5, 5.41) is 0. The Kier molecular flexibility index (Phi) is 5.97. The molecule has 2 rings (SSSR count). The van der Waals surface area contributed by atoms with Gasteiger partial charge in [-0.05, 0) is 36.1 Å². The van der Waals surface area contributed by atoms with Crippen LogP contribution in [0.15, 0.2) is 54.6 Å². The molecule has 23 heavy (non-hydrogen) atoms. The van der Waals surface area contributed by atoms with E-state index in [9.17, 15) is 4.79 Å². The van der Waals surface area contributed by atoms with Crippen LogP contribution in [0, 0.1) is 0 Å². The van der Waals surface area contributed by atoms with Crippen LogP contribution in [0.2, 0.25) is 0 Å². The molecule has 0 N–H and O–H groups in total. The van der Waals surface area contributed by atoms with E-state index in [1.54, 1.807) is 0 Å². The molecule has 0 fully saturated rings. The lowest BCUT2D eigenvalue weighted by molar-refractivity contribution is 0.0427. The molecular formula is C21H26O2. The summed E-state index contributed by atoms with van der Waals surface area (Å²) in [6.07, 6.45) is 3.42. The number of carbonyl (C=O) groups excluding carboxylic acids is 1. The van der Waals surface area contributed by atoms with Crippen molar-refractivity contribution in [1.29, 1.82) is 0 Å². The van der Waals surface area contributed by atoms with Crippen molar-refractivity contribution in [3.63, 3.8) is 0 Å². The Hall–Kier alpha value is -2.09. The van der Waals surface area contributed by atoms with Crippen molar-refractivity contribution in [3.05, 3.63) is 71.3 Å². The number of ether oxygens (including phenoxy) is 1. The third kappa shape index (κ3) is 4.95. The van der Waals surface area contributed by atoms with Crippen LogP contribution in [0.5, 0.6) is 0 Å². The molecule has 0 saturated heterocycles. The second-order valence-electron chi connectivity index (χ2n) is 6.63. The SMILES string of the molecule is CCCCc1ccc(C(=O)OCC(C)(C)c2ccccc2)cc1. The predicted molar refractivity (Wildman–Crippen MR) is 94.8 cm³/mol. The Bertz CT molecular complexity index is 612. The van der Waals surface area contributed by atoms with E-state index >= 15 is 0 Å². The second kappa shape index (κ2) is 7.96. The zero-order valence-electron chi connectivity index (χ0n) is 14.3. The first-order valence-corrected chi connectivity index (χ1v) is 8.34. The monoisotopic (exact) mass is 310 g/mol. The molecule has 0 saturated carbocycles. The van der Waals surface area contributed by atoms with Crippen LogP contribution in [-0.2, 0) is 16.6 Å². The summed E-state index contributed by atoms with van der Waals surface area (Å²) in [7, 11) is 0. The smallest absolute Gasteiger partial charge is 0.338 e. The van der Waals surface area contributed by atoms with Gasteiger partial charge in [0.25, 0.3) is 0 Å². The van der Waals surface area contributed by atoms with Crippen molar-refractivity contribution in [2.24, 2.45) is 0 Å². The van der Waals surface area contributed by atoms with Crippen molar-refractivity contribution in [3.8, 4) is 0 Å². The Morgan fingerprint density at radius 3 is 2.26 bits per heavy atom. The fraction of sp³-hybridized carbons (Fsp3) is 0.381. The Morgan fingerprint density at radius 2 is 1.65 bits per heavy atom. The largest absolute Gasteiger partial charge is 0.461 e. The number of aryl methyl sites for hydroxylation is 1. The number of carbonyl (C=O) groups is 1. The second-order valence-corrected chi connectivity index (χ2v) is 6.63. The molecule has 0 unspecified atom stereocenters. The topological polar surface area (TPSA) is 26.3 Å². The maximum atomic E-state index is 12.2. The van der Waals surface area contributed by atoms with Gasteiger partial charge in [-0.3, -0.25) is 0 Å². The van der Waals surface area contributed by atoms with Gasteiger partial charge in [0.2, 0.25) is 0 Å². The van der Waals surface area contributed by atoms with E-state index < -0.39 is 0 Å². The summed E-state index contributed by atoms with van der Waals surface area (Å²) in [5.74, 6) is -0.254. The molecule has 0 radical (unpaired) electrons. The van der Waals surface area contributed by atoms with Gasteiger partial charge in [-0.15, -0.1) is 0 Å². The Balaban J connectivity index is 1.94. The number of esters is 1. The van der Waals surface area contributed by atoms with E-state index in [1.165, 1.54) is 24.0 Å². The average Bonchev–Trinajstić information content (AvgIpc) is 2.59. The van der Waals surface area contributed by atoms with Crippen LogP contribution in [0.4, 0.5) is 0 Å². The maximum absolute atomic E-state index is 12.2. The highest BCUT2D eigenvalue weighted by molar-refractivity contribution is 5.89. The fourth-order valence-corrected chi connectivity index (χ4v) is 2.49. The molecule has 0 bridgehead atoms. The first-order valence-electron chi connectivity index (χ1n) is 8.34. The van der Waals surface area contributed by atoms with Gasteiger partial charge in [-0.25, -0.2) is 4.79 Å². The van der Waals surface area contributed by atoms with E-state index in [0.29, 0.717) is 12.2 Å². The molecule has 0 aliphatic rings. The lowest BCUT2D eigenvalue weighted by Gasteiger charge is -2.24. The molecule has 0 aliphatic carbocycles. The summed E-state index contributed by atoms with van der Waals surface area (Å²) >= 11 is 0. The van der Waals surface area contributed by atoms with E-state index in [0.717, 1.165) is 6.42 Å². The van der Waals surface area contributed by atoms with Gasteiger partial charge < -0.3 is 4.74 Å². The molecule has 0 atom stereocenters. The van der Waals surface area contributed by atoms with Crippen LogP contribution in [-0.4, -0.2) is 12.6 Å². The first-order chi connectivity index (χ1) is 11.0. The average molecular weight is 310 g/mol. The lowest BCUT2D eigenvalue weighted by atomic mass is 9.86. The summed E-state index contributed by atoms with van der Waals surface area (Å²) in [5.41, 5.74) is 2.86. The minimum atomic E-state index is -0.254. The third-order valence-corrected chi connectivity index (χ3v) is 4.13. The Labute approximate surface area is 139 Å². The van der Waals surface area contributed by atoms with Crippen LogP contribution in [0.1, 0.15) is 55.1 Å². The van der Waals surface area contributed by atoms with Crippen molar-refractivity contribution in [2.75, 3.05) is 6.61 Å². The molecule has 0 aliphatic heterocycles. The van der Waals surface area contributed by atoms with Crippen molar-refractivity contribution in [2.45, 2.75) is 45.4 Å². The normalized spacial score (nSPS) is 11.3. The molecule has 2 aromatic rings. The number of hydrogen-bond acceptors (Lipinski definition) is 2. The summed E-state index contributed by atoms with van der Waals surface area (Å²) in [4.78, 5) is 12.2. The van der Waals surface area contributed by atoms with Crippen LogP contribution in [0.25, 0.3) is 0 Å². The molecule has 0 spiro atoms. The number of unbranched alkanes of at least 4 members (excludes halogenated alkanes) is 1. The highest BCUT2D eigenvalue weighted by atomic mass is 16.5. The number of benzene rings is 2. The van der Waals surface area contributed by atoms with E-state index in [1.807, 2.05) is 42.5 Å². The molecule has 2 nitrogen and oxygen atoms in total. The maximum Gasteiger partial charge on any atom is 0.338 e. The van der Waals surface area contributed by atoms with Crippen LogP contribution in [0.3, 0.4) is 0 Å². The standard InChI is InChI=1S/C21H26O2/c1-4-5-9-17-12-14-18(15-13-17)20(22)23-16-21(2,3)19-10-7-6-8-11-19/h6-8,10-15H,4-5,9,16H2,1-3H3. The summed E-state index contributed by atoms with van der Waals surface area (Å²) < 4.78 is 5.53. The quantitative estimate of drug-likeness (QED) is 0.660. The summed E-state index contributed by atoms with van der Waals surface area (Å²) in [6.45, 7) is 6.72. The molecule has 122 valence electrons. The van der Waals surface area contributed by atoms with Crippen molar-refractivity contribution < 1.29 is 9.53 Å². The molecule has 2 heteroatoms. The van der Waals surface area contributed by atoms with Gasteiger partial charge in [-0.2, -0.15) is 0 Å². The lowest BCUT2D eigenvalue weighted by Crippen LogP contribution is -2.26. The number of rotatable bonds is 7. The molecular weight excluding hydrogens is 284 g/mol. The minimum absolute atomic E-state index is 0.196. The van der Waals surface area contributed by atoms with E-state index in [4.69, 9.17) is 4.74 Å². The molecule has 0 heterocycles. The van der Waals surface area contributed by atoms with Gasteiger partial charge in [0.1, 0.15) is 6.61 Å². The van der Waals surface area contributed by atoms with Gasteiger partial charge in [0, 0.05) is 5.41 Å². The molecule has 2 aromatic carbocycles.